The van der Waals surface area contributed by atoms with E-state index in [1.807, 2.05) is 0 Å². The summed E-state index contributed by atoms with van der Waals surface area (Å²) in [4.78, 5) is 35.2. The second-order valence-corrected chi connectivity index (χ2v) is 4.23. The van der Waals surface area contributed by atoms with Crippen molar-refractivity contribution < 1.29 is 19.5 Å². The molecule has 6 heteroatoms. The van der Waals surface area contributed by atoms with Crippen molar-refractivity contribution in [3.63, 3.8) is 0 Å². The van der Waals surface area contributed by atoms with Crippen molar-refractivity contribution in [2.75, 3.05) is 6.54 Å². The highest BCUT2D eigenvalue weighted by molar-refractivity contribution is 5.91. The van der Waals surface area contributed by atoms with Gasteiger partial charge in [0.25, 0.3) is 0 Å². The first-order chi connectivity index (χ1) is 7.95. The normalized spacial score (nSPS) is 20.8. The number of carbonyl (C=O) groups excluding carboxylic acids is 2. The molecule has 0 saturated carbocycles. The number of carboxylic acid groups (broad SMARTS) is 1. The maximum Gasteiger partial charge on any atom is 0.305 e. The predicted octanol–water partition coefficient (Wildman–Crippen LogP) is -0.0233. The summed E-state index contributed by atoms with van der Waals surface area (Å²) in [6.45, 7) is 3.94. The third kappa shape index (κ3) is 3.44. The van der Waals surface area contributed by atoms with Gasteiger partial charge in [0.1, 0.15) is 6.04 Å². The van der Waals surface area contributed by atoms with E-state index in [4.69, 9.17) is 5.11 Å². The summed E-state index contributed by atoms with van der Waals surface area (Å²) in [6, 6.07) is -0.846. The van der Waals surface area contributed by atoms with Crippen molar-refractivity contribution in [3.05, 3.63) is 0 Å². The number of carboxylic acids is 1. The van der Waals surface area contributed by atoms with Crippen LogP contribution >= 0.6 is 0 Å². The molecule has 0 radical (unpaired) electrons. The van der Waals surface area contributed by atoms with Gasteiger partial charge in [-0.05, 0) is 20.3 Å². The molecule has 17 heavy (non-hydrogen) atoms. The van der Waals surface area contributed by atoms with Crippen molar-refractivity contribution in [2.45, 2.75) is 45.2 Å². The number of hydrogen-bond donors (Lipinski definition) is 2. The molecule has 0 aromatic heterocycles. The molecule has 0 aromatic carbocycles. The van der Waals surface area contributed by atoms with E-state index >= 15 is 0 Å². The third-order valence-electron chi connectivity index (χ3n) is 2.92. The van der Waals surface area contributed by atoms with E-state index in [0.29, 0.717) is 19.4 Å². The van der Waals surface area contributed by atoms with Gasteiger partial charge in [0.15, 0.2) is 0 Å². The summed E-state index contributed by atoms with van der Waals surface area (Å²) < 4.78 is 0. The van der Waals surface area contributed by atoms with Crippen LogP contribution in [0.5, 0.6) is 0 Å². The highest BCUT2D eigenvalue weighted by Gasteiger charge is 2.32. The smallest absolute Gasteiger partial charge is 0.305 e. The lowest BCUT2D eigenvalue weighted by atomic mass is 10.1. The van der Waals surface area contributed by atoms with E-state index < -0.39 is 12.0 Å². The molecule has 2 N–H and O–H groups in total. The summed E-state index contributed by atoms with van der Waals surface area (Å²) in [5.74, 6) is -1.24. The second-order valence-electron chi connectivity index (χ2n) is 4.23. The van der Waals surface area contributed by atoms with Crippen LogP contribution in [0.3, 0.4) is 0 Å². The Morgan fingerprint density at radius 3 is 2.65 bits per heavy atom. The summed E-state index contributed by atoms with van der Waals surface area (Å²) in [5.41, 5.74) is 0. The SMILES string of the molecule is CCN(C(=O)[C@@H]1CCC(=O)N1)C(C)CC(=O)O. The van der Waals surface area contributed by atoms with Crippen molar-refractivity contribution >= 4 is 17.8 Å². The minimum Gasteiger partial charge on any atom is -0.481 e. The molecule has 2 atom stereocenters. The molecular formula is C11H18N2O4. The quantitative estimate of drug-likeness (QED) is 0.709. The Bertz CT molecular complexity index is 329. The zero-order chi connectivity index (χ0) is 13.0. The van der Waals surface area contributed by atoms with Gasteiger partial charge < -0.3 is 15.3 Å². The number of carbonyl (C=O) groups is 3. The molecule has 1 aliphatic rings. The van der Waals surface area contributed by atoms with Crippen LogP contribution in [0.1, 0.15) is 33.1 Å². The molecule has 1 aliphatic heterocycles. The predicted molar refractivity (Wildman–Crippen MR) is 60.3 cm³/mol. The molecule has 0 bridgehead atoms. The first-order valence-corrected chi connectivity index (χ1v) is 5.77. The molecule has 1 heterocycles. The molecule has 2 amide bonds. The Morgan fingerprint density at radius 2 is 2.24 bits per heavy atom. The largest absolute Gasteiger partial charge is 0.481 e. The molecule has 1 unspecified atom stereocenters. The van der Waals surface area contributed by atoms with E-state index in [-0.39, 0.29) is 24.3 Å². The lowest BCUT2D eigenvalue weighted by Gasteiger charge is -2.29. The Kier molecular flexibility index (Phi) is 4.48. The number of amides is 2. The van der Waals surface area contributed by atoms with Gasteiger partial charge in [-0.3, -0.25) is 14.4 Å². The van der Waals surface area contributed by atoms with E-state index in [0.717, 1.165) is 0 Å². The van der Waals surface area contributed by atoms with Crippen molar-refractivity contribution in [2.24, 2.45) is 0 Å². The Balaban J connectivity index is 2.63. The van der Waals surface area contributed by atoms with Gasteiger partial charge in [-0.1, -0.05) is 0 Å². The lowest BCUT2D eigenvalue weighted by Crippen LogP contribution is -2.48. The molecule has 6 nitrogen and oxygen atoms in total. The van der Waals surface area contributed by atoms with Gasteiger partial charge >= 0.3 is 5.97 Å². The average Bonchev–Trinajstić information content (AvgIpc) is 2.64. The van der Waals surface area contributed by atoms with Crippen LogP contribution in [0.15, 0.2) is 0 Å². The van der Waals surface area contributed by atoms with Crippen molar-refractivity contribution in [1.82, 2.24) is 10.2 Å². The van der Waals surface area contributed by atoms with Gasteiger partial charge in [0.05, 0.1) is 6.42 Å². The Labute approximate surface area is 100.0 Å². The van der Waals surface area contributed by atoms with Crippen LogP contribution in [0.2, 0.25) is 0 Å². The summed E-state index contributed by atoms with van der Waals surface area (Å²) in [6.07, 6.45) is 0.773. The van der Waals surface area contributed by atoms with Crippen LogP contribution in [-0.2, 0) is 14.4 Å². The number of likely N-dealkylation sites (N-methyl/N-ethyl adjacent to an activating group) is 1. The van der Waals surface area contributed by atoms with Gasteiger partial charge in [0.2, 0.25) is 11.8 Å². The third-order valence-corrected chi connectivity index (χ3v) is 2.92. The highest BCUT2D eigenvalue weighted by Crippen LogP contribution is 2.13. The maximum absolute atomic E-state index is 12.1. The Hall–Kier alpha value is -1.59. The summed E-state index contributed by atoms with van der Waals surface area (Å²) in [7, 11) is 0. The monoisotopic (exact) mass is 242 g/mol. The number of hydrogen-bond acceptors (Lipinski definition) is 3. The van der Waals surface area contributed by atoms with Crippen LogP contribution in [-0.4, -0.2) is 46.4 Å². The lowest BCUT2D eigenvalue weighted by molar-refractivity contribution is -0.141. The molecule has 96 valence electrons. The fourth-order valence-corrected chi connectivity index (χ4v) is 2.05. The minimum absolute atomic E-state index is 0.0831. The molecular weight excluding hydrogens is 224 g/mol. The second kappa shape index (κ2) is 5.65. The fraction of sp³-hybridized carbons (Fsp3) is 0.727. The zero-order valence-corrected chi connectivity index (χ0v) is 10.1. The molecule has 0 spiro atoms. The number of aliphatic carboxylic acids is 1. The maximum atomic E-state index is 12.1. The molecule has 1 fully saturated rings. The molecule has 1 saturated heterocycles. The molecule has 1 rings (SSSR count). The standard InChI is InChI=1S/C11H18N2O4/c1-3-13(7(2)6-10(15)16)11(17)8-4-5-9(14)12-8/h7-8H,3-6H2,1-2H3,(H,12,14)(H,15,16)/t7?,8-/m0/s1. The number of nitrogens with zero attached hydrogens (tertiary/aromatic N) is 1. The summed E-state index contributed by atoms with van der Waals surface area (Å²) >= 11 is 0. The number of rotatable bonds is 5. The fourth-order valence-electron chi connectivity index (χ4n) is 2.05. The van der Waals surface area contributed by atoms with Gasteiger partial charge in [-0.15, -0.1) is 0 Å². The van der Waals surface area contributed by atoms with Crippen LogP contribution in [0.4, 0.5) is 0 Å². The van der Waals surface area contributed by atoms with E-state index in [9.17, 15) is 14.4 Å². The zero-order valence-electron chi connectivity index (χ0n) is 10.1. The minimum atomic E-state index is -0.931. The van der Waals surface area contributed by atoms with E-state index in [1.54, 1.807) is 13.8 Å². The Morgan fingerprint density at radius 1 is 1.59 bits per heavy atom. The van der Waals surface area contributed by atoms with Crippen LogP contribution in [0, 0.1) is 0 Å². The van der Waals surface area contributed by atoms with Gasteiger partial charge in [-0.2, -0.15) is 0 Å². The van der Waals surface area contributed by atoms with Crippen molar-refractivity contribution in [1.29, 1.82) is 0 Å². The first-order valence-electron chi connectivity index (χ1n) is 5.77. The van der Waals surface area contributed by atoms with Crippen molar-refractivity contribution in [3.8, 4) is 0 Å². The van der Waals surface area contributed by atoms with E-state index in [1.165, 1.54) is 4.90 Å². The van der Waals surface area contributed by atoms with Gasteiger partial charge in [0, 0.05) is 19.0 Å². The molecule has 0 aliphatic carbocycles. The summed E-state index contributed by atoms with van der Waals surface area (Å²) in [5, 5.41) is 11.3. The van der Waals surface area contributed by atoms with E-state index in [2.05, 4.69) is 5.32 Å². The van der Waals surface area contributed by atoms with Crippen LogP contribution in [0.25, 0.3) is 0 Å². The average molecular weight is 242 g/mol. The highest BCUT2D eigenvalue weighted by atomic mass is 16.4. The molecule has 0 aromatic rings. The first kappa shape index (κ1) is 13.5. The topological polar surface area (TPSA) is 86.7 Å². The number of nitrogens with one attached hydrogen (secondary N) is 1. The van der Waals surface area contributed by atoms with Gasteiger partial charge in [-0.25, -0.2) is 0 Å². The van der Waals surface area contributed by atoms with Crippen LogP contribution < -0.4 is 5.32 Å².